The Labute approximate surface area is 278 Å². The van der Waals surface area contributed by atoms with Crippen molar-refractivity contribution < 1.29 is 32.2 Å². The fourth-order valence-electron chi connectivity index (χ4n) is 4.90. The number of benzene rings is 3. The van der Waals surface area contributed by atoms with Crippen LogP contribution < -0.4 is 19.6 Å². The summed E-state index contributed by atoms with van der Waals surface area (Å²) in [4.78, 5) is 21.9. The van der Waals surface area contributed by atoms with Crippen LogP contribution in [-0.2, 0) is 11.9 Å². The number of ether oxygens (including phenoxy) is 3. The lowest BCUT2D eigenvalue weighted by molar-refractivity contribution is -0.141. The van der Waals surface area contributed by atoms with Gasteiger partial charge >= 0.3 is 6.18 Å². The number of amides is 1. The van der Waals surface area contributed by atoms with Crippen molar-refractivity contribution in [3.8, 4) is 34.6 Å². The van der Waals surface area contributed by atoms with Crippen molar-refractivity contribution in [2.75, 3.05) is 21.3 Å². The van der Waals surface area contributed by atoms with Crippen molar-refractivity contribution in [1.82, 2.24) is 15.4 Å². The molecule has 0 saturated heterocycles. The normalized spacial score (nSPS) is 11.4. The molecule has 2 heterocycles. The Balaban J connectivity index is 1.38. The highest BCUT2D eigenvalue weighted by Crippen LogP contribution is 2.36. The third-order valence-electron chi connectivity index (χ3n) is 7.27. The Bertz CT molecular complexity index is 2080. The number of nitrogens with zero attached hydrogens (tertiary/aromatic N) is 4. The topological polar surface area (TPSA) is 119 Å². The standard InChI is InChI=1S/C35H28F3N5O4S/c1-20-13-32(35(36,37)38)42-34(26(20)17-39)48-19-23-14-21(9-11-29(23)45-2)18-40-43-33(44)25-16-28(41-27-8-6-5-7-24(25)27)22-10-12-30(46-3)31(15-22)47-4/h5-16,18H,19H2,1-4H3,(H,43,44). The van der Waals surface area contributed by atoms with Crippen LogP contribution in [0.5, 0.6) is 17.2 Å². The van der Waals surface area contributed by atoms with Gasteiger partial charge in [0.2, 0.25) is 0 Å². The molecule has 0 aliphatic heterocycles. The minimum atomic E-state index is -4.65. The second-order valence-electron chi connectivity index (χ2n) is 10.3. The lowest BCUT2D eigenvalue weighted by Crippen LogP contribution is -2.18. The molecule has 9 nitrogen and oxygen atoms in total. The van der Waals surface area contributed by atoms with E-state index in [0.717, 1.165) is 23.4 Å². The van der Waals surface area contributed by atoms with Gasteiger partial charge in [-0.25, -0.2) is 15.4 Å². The van der Waals surface area contributed by atoms with Crippen molar-refractivity contribution in [2.45, 2.75) is 23.9 Å². The van der Waals surface area contributed by atoms with E-state index >= 15 is 0 Å². The second-order valence-corrected chi connectivity index (χ2v) is 11.3. The fraction of sp³-hybridized carbons (Fsp3) is 0.171. The maximum atomic E-state index is 13.4. The molecule has 0 unspecified atom stereocenters. The molecule has 0 atom stereocenters. The number of carbonyl (C=O) groups is 1. The highest BCUT2D eigenvalue weighted by atomic mass is 32.2. The number of carbonyl (C=O) groups excluding carboxylic acids is 1. The predicted molar refractivity (Wildman–Crippen MR) is 177 cm³/mol. The Morgan fingerprint density at radius 2 is 1.69 bits per heavy atom. The molecular formula is C35H28F3N5O4S. The van der Waals surface area contributed by atoms with Crippen LogP contribution in [0, 0.1) is 18.3 Å². The molecule has 0 aliphatic carbocycles. The first-order valence-corrected chi connectivity index (χ1v) is 15.3. The zero-order chi connectivity index (χ0) is 34.4. The van der Waals surface area contributed by atoms with E-state index in [1.54, 1.807) is 49.6 Å². The van der Waals surface area contributed by atoms with Crippen LogP contribution >= 0.6 is 11.8 Å². The van der Waals surface area contributed by atoms with Gasteiger partial charge in [0.1, 0.15) is 22.5 Å². The molecule has 0 radical (unpaired) electrons. The van der Waals surface area contributed by atoms with Crippen molar-refractivity contribution in [3.63, 3.8) is 0 Å². The highest BCUT2D eigenvalue weighted by molar-refractivity contribution is 7.98. The molecule has 0 saturated carbocycles. The number of alkyl halides is 3. The minimum Gasteiger partial charge on any atom is -0.496 e. The number of halogens is 3. The van der Waals surface area contributed by atoms with Gasteiger partial charge < -0.3 is 14.2 Å². The maximum Gasteiger partial charge on any atom is 0.433 e. The molecule has 1 N–H and O–H groups in total. The first-order valence-electron chi connectivity index (χ1n) is 14.3. The third kappa shape index (κ3) is 7.34. The number of fused-ring (bicyclic) bond motifs is 1. The summed E-state index contributed by atoms with van der Waals surface area (Å²) < 4.78 is 56.4. The summed E-state index contributed by atoms with van der Waals surface area (Å²) in [6.45, 7) is 1.44. The van der Waals surface area contributed by atoms with Gasteiger partial charge in [0, 0.05) is 22.3 Å². The summed E-state index contributed by atoms with van der Waals surface area (Å²) in [7, 11) is 4.56. The average Bonchev–Trinajstić information content (AvgIpc) is 3.09. The first kappa shape index (κ1) is 33.7. The van der Waals surface area contributed by atoms with Crippen LogP contribution in [-0.4, -0.2) is 43.4 Å². The van der Waals surface area contributed by atoms with Gasteiger partial charge in [0.15, 0.2) is 11.5 Å². The molecule has 3 aromatic carbocycles. The molecule has 0 aliphatic rings. The summed E-state index contributed by atoms with van der Waals surface area (Å²) in [5, 5.41) is 14.3. The molecular weight excluding hydrogens is 643 g/mol. The molecule has 0 fully saturated rings. The highest BCUT2D eigenvalue weighted by Gasteiger charge is 2.34. The Kier molecular flexibility index (Phi) is 10.1. The molecule has 5 aromatic rings. The van der Waals surface area contributed by atoms with Gasteiger partial charge in [-0.3, -0.25) is 4.79 Å². The predicted octanol–water partition coefficient (Wildman–Crippen LogP) is 7.58. The lowest BCUT2D eigenvalue weighted by Gasteiger charge is -2.13. The zero-order valence-electron chi connectivity index (χ0n) is 26.2. The van der Waals surface area contributed by atoms with Crippen molar-refractivity contribution >= 4 is 34.8 Å². The van der Waals surface area contributed by atoms with Gasteiger partial charge in [-0.2, -0.15) is 23.5 Å². The number of methoxy groups -OCH3 is 3. The summed E-state index contributed by atoms with van der Waals surface area (Å²) in [6.07, 6.45) is -3.21. The molecule has 2 aromatic heterocycles. The summed E-state index contributed by atoms with van der Waals surface area (Å²) in [6, 6.07) is 22.2. The van der Waals surface area contributed by atoms with E-state index in [9.17, 15) is 23.2 Å². The summed E-state index contributed by atoms with van der Waals surface area (Å²) >= 11 is 0.990. The van der Waals surface area contributed by atoms with Crippen LogP contribution in [0.2, 0.25) is 0 Å². The number of nitriles is 1. The summed E-state index contributed by atoms with van der Waals surface area (Å²) in [5.74, 6) is 1.25. The minimum absolute atomic E-state index is 0.0322. The van der Waals surface area contributed by atoms with Gasteiger partial charge in [-0.15, -0.1) is 11.8 Å². The van der Waals surface area contributed by atoms with E-state index in [4.69, 9.17) is 19.2 Å². The number of thioether (sulfide) groups is 1. The van der Waals surface area contributed by atoms with Gasteiger partial charge in [-0.05, 0) is 72.6 Å². The fourth-order valence-corrected chi connectivity index (χ4v) is 5.93. The van der Waals surface area contributed by atoms with Crippen LogP contribution in [0.4, 0.5) is 13.2 Å². The quantitative estimate of drug-likeness (QED) is 0.0918. The number of rotatable bonds is 10. The number of hydrogen-bond acceptors (Lipinski definition) is 9. The number of aryl methyl sites for hydroxylation is 1. The second kappa shape index (κ2) is 14.4. The molecule has 48 heavy (non-hydrogen) atoms. The Morgan fingerprint density at radius 1 is 0.958 bits per heavy atom. The van der Waals surface area contributed by atoms with Crippen LogP contribution in [0.1, 0.15) is 38.3 Å². The molecule has 5 rings (SSSR count). The van der Waals surface area contributed by atoms with E-state index in [1.165, 1.54) is 27.4 Å². The van der Waals surface area contributed by atoms with Crippen molar-refractivity contribution in [2.24, 2.45) is 5.10 Å². The SMILES string of the molecule is COc1ccc(C=NNC(=O)c2cc(-c3ccc(OC)c(OC)c3)nc3ccccc23)cc1CSc1nc(C(F)(F)F)cc(C)c1C#N. The average molecular weight is 672 g/mol. The van der Waals surface area contributed by atoms with E-state index in [-0.39, 0.29) is 21.9 Å². The van der Waals surface area contributed by atoms with Gasteiger partial charge in [0.25, 0.3) is 5.91 Å². The number of aromatic nitrogens is 2. The zero-order valence-corrected chi connectivity index (χ0v) is 27.0. The maximum absolute atomic E-state index is 13.4. The van der Waals surface area contributed by atoms with E-state index in [0.29, 0.717) is 50.5 Å². The monoisotopic (exact) mass is 671 g/mol. The smallest absolute Gasteiger partial charge is 0.433 e. The van der Waals surface area contributed by atoms with Crippen molar-refractivity contribution in [3.05, 3.63) is 106 Å². The van der Waals surface area contributed by atoms with Crippen molar-refractivity contribution in [1.29, 1.82) is 5.26 Å². The molecule has 0 spiro atoms. The van der Waals surface area contributed by atoms with Crippen LogP contribution in [0.15, 0.2) is 82.9 Å². The number of hydrazone groups is 1. The number of nitrogens with one attached hydrogen (secondary N) is 1. The molecule has 1 amide bonds. The van der Waals surface area contributed by atoms with Crippen LogP contribution in [0.25, 0.3) is 22.2 Å². The van der Waals surface area contributed by atoms with E-state index < -0.39 is 17.8 Å². The Hall–Kier alpha value is -5.61. The van der Waals surface area contributed by atoms with E-state index in [1.807, 2.05) is 30.3 Å². The third-order valence-corrected chi connectivity index (χ3v) is 8.30. The number of hydrogen-bond donors (Lipinski definition) is 1. The van der Waals surface area contributed by atoms with Gasteiger partial charge in [-0.1, -0.05) is 18.2 Å². The number of pyridine rings is 2. The summed E-state index contributed by atoms with van der Waals surface area (Å²) in [5.41, 5.74) is 5.21. The number of para-hydroxylation sites is 1. The lowest BCUT2D eigenvalue weighted by atomic mass is 10.0. The molecule has 244 valence electrons. The first-order chi connectivity index (χ1) is 23.1. The van der Waals surface area contributed by atoms with Gasteiger partial charge in [0.05, 0.1) is 49.9 Å². The van der Waals surface area contributed by atoms with E-state index in [2.05, 4.69) is 15.5 Å². The van der Waals surface area contributed by atoms with Crippen LogP contribution in [0.3, 0.4) is 0 Å². The Morgan fingerprint density at radius 3 is 2.40 bits per heavy atom. The largest absolute Gasteiger partial charge is 0.496 e. The molecule has 13 heteroatoms. The molecule has 0 bridgehead atoms.